The van der Waals surface area contributed by atoms with Crippen LogP contribution in [0, 0.1) is 0 Å². The fourth-order valence-electron chi connectivity index (χ4n) is 9.81. The van der Waals surface area contributed by atoms with Crippen LogP contribution in [-0.4, -0.2) is 108 Å². The lowest BCUT2D eigenvalue weighted by Crippen LogP contribution is -2.65. The van der Waals surface area contributed by atoms with E-state index >= 15 is 0 Å². The standard InChI is InChI=1S/C59H111NO10/c1-2-3-4-5-6-7-8-28-31-34-37-40-43-46-50(62)54(56(67)59-58(69)57(68)55(66)51(49-61)70-59)60-52(63)47-44-41-38-35-32-29-26-24-22-20-18-16-14-12-10-9-11-13-15-17-19-21-23-25-27-30-33-36-39-42-45-48-53(64)65/h38,41,43-44,46-47,50-51,53-59,61-62,64-69H,2-37,39-40,42,45,48-49H2,1H3,(H,60,63)/b41-38?,46-43+,47-44?/t50-,51-,54-,55-,56?,57+,58-,59?/m1/s1. The van der Waals surface area contributed by atoms with Crippen molar-refractivity contribution >= 4 is 5.91 Å². The SMILES string of the molecule is CCCCCCCCCCCCC/C=C/[C@@H](O)[C@@H](NC(=O)C=CC=CCCCCCCCCCCCCCCCCCCCCCCCCCCCCCC(O)O)C(O)C1O[C@H](CO)[C@@H](O)[C@H](O)[C@H]1O. The fourth-order valence-corrected chi connectivity index (χ4v) is 9.81. The normalized spacial score (nSPS) is 20.1. The molecule has 0 aromatic rings. The lowest BCUT2D eigenvalue weighted by Gasteiger charge is -2.43. The first-order chi connectivity index (χ1) is 34.1. The lowest BCUT2D eigenvalue weighted by atomic mass is 9.88. The van der Waals surface area contributed by atoms with E-state index in [1.807, 2.05) is 18.2 Å². The van der Waals surface area contributed by atoms with Crippen molar-refractivity contribution in [3.8, 4) is 0 Å². The second-order valence-electron chi connectivity index (χ2n) is 21.0. The number of carbonyl (C=O) groups excluding carboxylic acids is 1. The molecule has 11 nitrogen and oxygen atoms in total. The van der Waals surface area contributed by atoms with E-state index in [1.54, 1.807) is 6.08 Å². The van der Waals surface area contributed by atoms with Crippen LogP contribution in [-0.2, 0) is 9.53 Å². The maximum Gasteiger partial charge on any atom is 0.244 e. The van der Waals surface area contributed by atoms with Gasteiger partial charge in [0.05, 0.1) is 18.8 Å². The molecular weight excluding hydrogens is 883 g/mol. The van der Waals surface area contributed by atoms with Crippen LogP contribution in [0.15, 0.2) is 36.5 Å². The average molecular weight is 995 g/mol. The van der Waals surface area contributed by atoms with E-state index in [-0.39, 0.29) is 0 Å². The van der Waals surface area contributed by atoms with Gasteiger partial charge in [0.15, 0.2) is 6.29 Å². The molecule has 0 aliphatic carbocycles. The molecule has 1 aliphatic rings. The Balaban J connectivity index is 2.17. The summed E-state index contributed by atoms with van der Waals surface area (Å²) >= 11 is 0. The van der Waals surface area contributed by atoms with Gasteiger partial charge in [-0.1, -0.05) is 262 Å². The molecule has 0 aromatic carbocycles. The van der Waals surface area contributed by atoms with Gasteiger partial charge in [0.1, 0.15) is 36.6 Å². The Bertz CT molecular complexity index is 1230. The highest BCUT2D eigenvalue weighted by molar-refractivity contribution is 5.88. The van der Waals surface area contributed by atoms with Gasteiger partial charge >= 0.3 is 0 Å². The highest BCUT2D eigenvalue weighted by Crippen LogP contribution is 2.26. The molecule has 0 spiro atoms. The van der Waals surface area contributed by atoms with Crippen LogP contribution in [0.4, 0.5) is 0 Å². The van der Waals surface area contributed by atoms with Crippen molar-refractivity contribution in [1.29, 1.82) is 0 Å². The first-order valence-electron chi connectivity index (χ1n) is 29.5. The van der Waals surface area contributed by atoms with Crippen LogP contribution in [0.2, 0.25) is 0 Å². The molecule has 1 saturated heterocycles. The number of aliphatic hydroxyl groups is 8. The Kier molecular flexibility index (Phi) is 45.8. The number of aliphatic hydroxyl groups excluding tert-OH is 7. The quantitative estimate of drug-likeness (QED) is 0.00929. The fraction of sp³-hybridized carbons (Fsp3) is 0.881. The van der Waals surface area contributed by atoms with Crippen LogP contribution < -0.4 is 5.32 Å². The Morgan fingerprint density at radius 3 is 1.24 bits per heavy atom. The molecule has 0 bridgehead atoms. The molecule has 70 heavy (non-hydrogen) atoms. The predicted octanol–water partition coefficient (Wildman–Crippen LogP) is 12.0. The Morgan fingerprint density at radius 2 is 0.857 bits per heavy atom. The van der Waals surface area contributed by atoms with Gasteiger partial charge in [0, 0.05) is 6.08 Å². The van der Waals surface area contributed by atoms with Crippen molar-refractivity contribution in [2.45, 2.75) is 325 Å². The van der Waals surface area contributed by atoms with E-state index in [0.717, 1.165) is 51.4 Å². The smallest absolute Gasteiger partial charge is 0.244 e. The molecule has 11 heteroatoms. The minimum Gasteiger partial charge on any atom is -0.394 e. The van der Waals surface area contributed by atoms with E-state index in [9.17, 15) is 35.4 Å². The summed E-state index contributed by atoms with van der Waals surface area (Å²) in [5, 5.41) is 83.8. The van der Waals surface area contributed by atoms with Crippen LogP contribution in [0.1, 0.15) is 270 Å². The zero-order valence-corrected chi connectivity index (χ0v) is 44.8. The summed E-state index contributed by atoms with van der Waals surface area (Å²) in [5.74, 6) is -0.556. The van der Waals surface area contributed by atoms with E-state index < -0.39 is 67.6 Å². The molecule has 8 atom stereocenters. The largest absolute Gasteiger partial charge is 0.394 e. The number of ether oxygens (including phenoxy) is 1. The minimum absolute atomic E-state index is 0.516. The van der Waals surface area contributed by atoms with Crippen molar-refractivity contribution in [3.63, 3.8) is 0 Å². The number of carbonyl (C=O) groups is 1. The molecule has 0 aromatic heterocycles. The van der Waals surface area contributed by atoms with E-state index in [1.165, 1.54) is 218 Å². The van der Waals surface area contributed by atoms with Gasteiger partial charge in [-0.05, 0) is 38.5 Å². The zero-order valence-electron chi connectivity index (χ0n) is 44.8. The van der Waals surface area contributed by atoms with E-state index in [2.05, 4.69) is 12.2 Å². The Hall–Kier alpha value is -1.67. The van der Waals surface area contributed by atoms with Gasteiger partial charge < -0.3 is 50.9 Å². The molecule has 0 radical (unpaired) electrons. The summed E-state index contributed by atoms with van der Waals surface area (Å²) in [6, 6.07) is -1.30. The van der Waals surface area contributed by atoms with Crippen LogP contribution in [0.3, 0.4) is 0 Å². The number of hydrogen-bond donors (Lipinski definition) is 9. The molecule has 1 amide bonds. The molecule has 0 saturated carbocycles. The molecule has 2 unspecified atom stereocenters. The molecule has 9 N–H and O–H groups in total. The van der Waals surface area contributed by atoms with Gasteiger partial charge in [0.2, 0.25) is 5.91 Å². The summed E-state index contributed by atoms with van der Waals surface area (Å²) in [7, 11) is 0. The monoisotopic (exact) mass is 994 g/mol. The number of amides is 1. The number of nitrogens with one attached hydrogen (secondary N) is 1. The highest BCUT2D eigenvalue weighted by Gasteiger charge is 2.48. The summed E-state index contributed by atoms with van der Waals surface area (Å²) in [4.78, 5) is 13.0. The second kappa shape index (κ2) is 48.3. The van der Waals surface area contributed by atoms with Crippen LogP contribution >= 0.6 is 0 Å². The average Bonchev–Trinajstić information content (AvgIpc) is 3.35. The van der Waals surface area contributed by atoms with Crippen molar-refractivity contribution in [2.75, 3.05) is 6.61 Å². The molecule has 1 heterocycles. The highest BCUT2D eigenvalue weighted by atomic mass is 16.6. The van der Waals surface area contributed by atoms with Crippen molar-refractivity contribution in [1.82, 2.24) is 5.32 Å². The maximum absolute atomic E-state index is 13.0. The van der Waals surface area contributed by atoms with Gasteiger partial charge in [-0.2, -0.15) is 0 Å². The Morgan fingerprint density at radius 1 is 0.486 bits per heavy atom. The predicted molar refractivity (Wildman–Crippen MR) is 288 cm³/mol. The number of unbranched alkanes of at least 4 members (excludes halogenated alkanes) is 38. The van der Waals surface area contributed by atoms with Gasteiger partial charge in [-0.3, -0.25) is 4.79 Å². The van der Waals surface area contributed by atoms with Crippen molar-refractivity contribution in [2.24, 2.45) is 0 Å². The Labute approximate surface area is 428 Å². The number of rotatable bonds is 50. The molecule has 1 rings (SSSR count). The summed E-state index contributed by atoms with van der Waals surface area (Å²) in [6.45, 7) is 1.58. The first kappa shape index (κ1) is 66.3. The molecule has 412 valence electrons. The second-order valence-corrected chi connectivity index (χ2v) is 21.0. The van der Waals surface area contributed by atoms with Crippen molar-refractivity contribution in [3.05, 3.63) is 36.5 Å². The van der Waals surface area contributed by atoms with E-state index in [0.29, 0.717) is 6.42 Å². The van der Waals surface area contributed by atoms with Gasteiger partial charge in [0.25, 0.3) is 0 Å². The van der Waals surface area contributed by atoms with Gasteiger partial charge in [-0.25, -0.2) is 0 Å². The summed E-state index contributed by atoms with van der Waals surface area (Å²) < 4.78 is 5.58. The molecule has 1 aliphatic heterocycles. The van der Waals surface area contributed by atoms with E-state index in [4.69, 9.17) is 14.9 Å². The minimum atomic E-state index is -1.72. The molecule has 1 fully saturated rings. The third-order valence-electron chi connectivity index (χ3n) is 14.4. The summed E-state index contributed by atoms with van der Waals surface area (Å²) in [6.07, 6.45) is 49.5. The number of hydrogen-bond acceptors (Lipinski definition) is 10. The maximum atomic E-state index is 13.0. The van der Waals surface area contributed by atoms with Crippen molar-refractivity contribution < 1.29 is 50.4 Å². The third-order valence-corrected chi connectivity index (χ3v) is 14.4. The third kappa shape index (κ3) is 37.1. The lowest BCUT2D eigenvalue weighted by molar-refractivity contribution is -0.253. The van der Waals surface area contributed by atoms with Crippen LogP contribution in [0.5, 0.6) is 0 Å². The zero-order chi connectivity index (χ0) is 51.1. The van der Waals surface area contributed by atoms with Gasteiger partial charge in [-0.15, -0.1) is 0 Å². The first-order valence-corrected chi connectivity index (χ1v) is 29.5. The molecular formula is C59H111NO10. The topological polar surface area (TPSA) is 200 Å². The van der Waals surface area contributed by atoms with Crippen LogP contribution in [0.25, 0.3) is 0 Å². The summed E-state index contributed by atoms with van der Waals surface area (Å²) in [5.41, 5.74) is 0. The number of allylic oxidation sites excluding steroid dienone is 4.